The first-order valence-electron chi connectivity index (χ1n) is 6.47. The van der Waals surface area contributed by atoms with Crippen LogP contribution in [0.2, 0.25) is 0 Å². The van der Waals surface area contributed by atoms with Crippen molar-refractivity contribution in [1.82, 2.24) is 5.32 Å². The summed E-state index contributed by atoms with van der Waals surface area (Å²) in [5.74, 6) is 0. The van der Waals surface area contributed by atoms with Gasteiger partial charge in [0, 0.05) is 13.2 Å². The average molecular weight is 229 g/mol. The molecular weight excluding hydrogens is 202 g/mol. The second-order valence-corrected chi connectivity index (χ2v) is 5.33. The van der Waals surface area contributed by atoms with Crippen LogP contribution in [0, 0.1) is 0 Å². The molecule has 3 nitrogen and oxygen atoms in total. The molecule has 0 aromatic carbocycles. The highest BCUT2D eigenvalue weighted by molar-refractivity contribution is 4.81. The van der Waals surface area contributed by atoms with Gasteiger partial charge in [0.15, 0.2) is 0 Å². The molecule has 1 heterocycles. The van der Waals surface area contributed by atoms with E-state index < -0.39 is 0 Å². The molecule has 1 aliphatic heterocycles. The van der Waals surface area contributed by atoms with E-state index in [1.165, 1.54) is 12.8 Å². The third kappa shape index (κ3) is 4.81. The summed E-state index contributed by atoms with van der Waals surface area (Å²) in [6.07, 6.45) is 5.13. The van der Waals surface area contributed by atoms with Crippen molar-refractivity contribution in [2.45, 2.75) is 64.2 Å². The summed E-state index contributed by atoms with van der Waals surface area (Å²) in [6.45, 7) is 8.31. The molecular formula is C13H27NO2. The fourth-order valence-electron chi connectivity index (χ4n) is 2.40. The zero-order chi connectivity index (χ0) is 12.0. The van der Waals surface area contributed by atoms with Crippen molar-refractivity contribution in [3.05, 3.63) is 0 Å². The van der Waals surface area contributed by atoms with Crippen LogP contribution in [0.3, 0.4) is 0 Å². The summed E-state index contributed by atoms with van der Waals surface area (Å²) < 4.78 is 11.2. The van der Waals surface area contributed by atoms with E-state index in [0.29, 0.717) is 12.1 Å². The van der Waals surface area contributed by atoms with Crippen molar-refractivity contribution in [1.29, 1.82) is 0 Å². The van der Waals surface area contributed by atoms with E-state index in [2.05, 4.69) is 26.1 Å². The Labute approximate surface area is 99.9 Å². The molecule has 0 saturated carbocycles. The van der Waals surface area contributed by atoms with Crippen molar-refractivity contribution in [2.75, 3.05) is 20.3 Å². The minimum Gasteiger partial charge on any atom is -0.383 e. The number of methoxy groups -OCH3 is 1. The molecule has 1 aliphatic rings. The molecule has 0 amide bonds. The van der Waals surface area contributed by atoms with Gasteiger partial charge < -0.3 is 14.8 Å². The highest BCUT2D eigenvalue weighted by Crippen LogP contribution is 2.31. The summed E-state index contributed by atoms with van der Waals surface area (Å²) in [6, 6.07) is 0.474. The van der Waals surface area contributed by atoms with E-state index >= 15 is 0 Å². The molecule has 0 bridgehead atoms. The van der Waals surface area contributed by atoms with E-state index in [1.54, 1.807) is 7.11 Å². The smallest absolute Gasteiger partial charge is 0.0631 e. The van der Waals surface area contributed by atoms with Gasteiger partial charge in [-0.15, -0.1) is 0 Å². The number of likely N-dealkylation sites (N-methyl/N-ethyl adjacent to an activating group) is 1. The monoisotopic (exact) mass is 229 g/mol. The summed E-state index contributed by atoms with van der Waals surface area (Å²) in [7, 11) is 1.76. The number of hydrogen-bond donors (Lipinski definition) is 1. The van der Waals surface area contributed by atoms with E-state index in [1.807, 2.05) is 0 Å². The largest absolute Gasteiger partial charge is 0.383 e. The van der Waals surface area contributed by atoms with Gasteiger partial charge in [-0.2, -0.15) is 0 Å². The van der Waals surface area contributed by atoms with Crippen molar-refractivity contribution in [3.63, 3.8) is 0 Å². The van der Waals surface area contributed by atoms with Crippen LogP contribution in [0.4, 0.5) is 0 Å². The molecule has 0 spiro atoms. The van der Waals surface area contributed by atoms with Gasteiger partial charge in [0.05, 0.1) is 18.3 Å². The predicted octanol–water partition coefficient (Wildman–Crippen LogP) is 2.35. The normalized spacial score (nSPS) is 25.9. The summed E-state index contributed by atoms with van der Waals surface area (Å²) in [4.78, 5) is 0. The summed E-state index contributed by atoms with van der Waals surface area (Å²) >= 11 is 0. The third-order valence-electron chi connectivity index (χ3n) is 3.25. The Hall–Kier alpha value is -0.120. The fourth-order valence-corrected chi connectivity index (χ4v) is 2.40. The Morgan fingerprint density at radius 1 is 1.50 bits per heavy atom. The first-order chi connectivity index (χ1) is 7.57. The third-order valence-corrected chi connectivity index (χ3v) is 3.25. The molecule has 0 radical (unpaired) electrons. The Morgan fingerprint density at radius 3 is 2.75 bits per heavy atom. The number of hydrogen-bond acceptors (Lipinski definition) is 3. The van der Waals surface area contributed by atoms with Gasteiger partial charge in [0.25, 0.3) is 0 Å². The van der Waals surface area contributed by atoms with Crippen LogP contribution in [0.5, 0.6) is 0 Å². The Balaban J connectivity index is 2.22. The molecule has 2 atom stereocenters. The maximum Gasteiger partial charge on any atom is 0.0631 e. The molecule has 1 fully saturated rings. The zero-order valence-corrected chi connectivity index (χ0v) is 11.2. The molecule has 0 aromatic heterocycles. The lowest BCUT2D eigenvalue weighted by molar-refractivity contribution is -0.0206. The Morgan fingerprint density at radius 2 is 2.25 bits per heavy atom. The minimum absolute atomic E-state index is 0.0968. The lowest BCUT2D eigenvalue weighted by Crippen LogP contribution is -2.34. The van der Waals surface area contributed by atoms with Crippen LogP contribution in [-0.2, 0) is 9.47 Å². The van der Waals surface area contributed by atoms with E-state index in [4.69, 9.17) is 9.47 Å². The van der Waals surface area contributed by atoms with Crippen LogP contribution >= 0.6 is 0 Å². The van der Waals surface area contributed by atoms with Gasteiger partial charge in [-0.05, 0) is 46.1 Å². The Bertz CT molecular complexity index is 186. The molecule has 1 N–H and O–H groups in total. The van der Waals surface area contributed by atoms with Gasteiger partial charge in [-0.1, -0.05) is 6.92 Å². The van der Waals surface area contributed by atoms with E-state index in [-0.39, 0.29) is 5.60 Å². The highest BCUT2D eigenvalue weighted by Gasteiger charge is 2.31. The van der Waals surface area contributed by atoms with Crippen molar-refractivity contribution >= 4 is 0 Å². The standard InChI is InChI=1S/C13H27NO2/c1-5-14-11(10-15-4)6-7-12-8-9-13(2,3)16-12/h11-12,14H,5-10H2,1-4H3. The summed E-state index contributed by atoms with van der Waals surface area (Å²) in [5, 5.41) is 3.45. The second kappa shape index (κ2) is 6.58. The topological polar surface area (TPSA) is 30.5 Å². The SMILES string of the molecule is CCNC(CCC1CCC(C)(C)O1)COC. The maximum absolute atomic E-state index is 5.99. The van der Waals surface area contributed by atoms with Crippen LogP contribution in [0.25, 0.3) is 0 Å². The van der Waals surface area contributed by atoms with Crippen molar-refractivity contribution < 1.29 is 9.47 Å². The maximum atomic E-state index is 5.99. The molecule has 0 aromatic rings. The van der Waals surface area contributed by atoms with Crippen LogP contribution in [-0.4, -0.2) is 38.0 Å². The second-order valence-electron chi connectivity index (χ2n) is 5.33. The van der Waals surface area contributed by atoms with Gasteiger partial charge in [-0.3, -0.25) is 0 Å². The van der Waals surface area contributed by atoms with Crippen LogP contribution in [0.15, 0.2) is 0 Å². The molecule has 16 heavy (non-hydrogen) atoms. The molecule has 3 heteroatoms. The number of ether oxygens (including phenoxy) is 2. The molecule has 1 rings (SSSR count). The minimum atomic E-state index is 0.0968. The first-order valence-corrected chi connectivity index (χ1v) is 6.47. The quantitative estimate of drug-likeness (QED) is 0.727. The van der Waals surface area contributed by atoms with Gasteiger partial charge in [0.1, 0.15) is 0 Å². The molecule has 2 unspecified atom stereocenters. The Kier molecular flexibility index (Phi) is 5.73. The van der Waals surface area contributed by atoms with Crippen LogP contribution in [0.1, 0.15) is 46.5 Å². The highest BCUT2D eigenvalue weighted by atomic mass is 16.5. The van der Waals surface area contributed by atoms with Gasteiger partial charge in [-0.25, -0.2) is 0 Å². The van der Waals surface area contributed by atoms with Gasteiger partial charge in [0.2, 0.25) is 0 Å². The van der Waals surface area contributed by atoms with Crippen molar-refractivity contribution in [2.24, 2.45) is 0 Å². The van der Waals surface area contributed by atoms with E-state index in [0.717, 1.165) is 26.0 Å². The van der Waals surface area contributed by atoms with E-state index in [9.17, 15) is 0 Å². The number of rotatable bonds is 7. The predicted molar refractivity (Wildman–Crippen MR) is 66.8 cm³/mol. The van der Waals surface area contributed by atoms with Gasteiger partial charge >= 0.3 is 0 Å². The molecule has 96 valence electrons. The lowest BCUT2D eigenvalue weighted by Gasteiger charge is -2.21. The van der Waals surface area contributed by atoms with Crippen molar-refractivity contribution in [3.8, 4) is 0 Å². The lowest BCUT2D eigenvalue weighted by atomic mass is 10.0. The zero-order valence-electron chi connectivity index (χ0n) is 11.2. The summed E-state index contributed by atoms with van der Waals surface area (Å²) in [5.41, 5.74) is 0.0968. The first kappa shape index (κ1) is 13.9. The number of nitrogens with one attached hydrogen (secondary N) is 1. The molecule has 1 saturated heterocycles. The molecule has 0 aliphatic carbocycles. The average Bonchev–Trinajstić information content (AvgIpc) is 2.55. The van der Waals surface area contributed by atoms with Crippen LogP contribution < -0.4 is 5.32 Å². The fraction of sp³-hybridized carbons (Fsp3) is 1.00.